The summed E-state index contributed by atoms with van der Waals surface area (Å²) in [5.41, 5.74) is 1.98. The summed E-state index contributed by atoms with van der Waals surface area (Å²) in [4.78, 5) is 113. The summed E-state index contributed by atoms with van der Waals surface area (Å²) in [6.45, 7) is 1.09. The summed E-state index contributed by atoms with van der Waals surface area (Å²) >= 11 is 0. The Morgan fingerprint density at radius 1 is 0.493 bits per heavy atom. The molecule has 1 aromatic rings. The quantitative estimate of drug-likeness (QED) is 0.0368. The number of carbonyl (C=O) groups is 9. The van der Waals surface area contributed by atoms with Gasteiger partial charge in [0.25, 0.3) is 0 Å². The molecule has 376 valence electrons. The number of Topliss-reactive ketones (excluding diaryl/α,β-unsaturated/α-hetero) is 1. The van der Waals surface area contributed by atoms with E-state index in [0.717, 1.165) is 43.2 Å². The molecule has 2 rings (SSSR count). The van der Waals surface area contributed by atoms with Crippen molar-refractivity contribution in [2.45, 2.75) is 109 Å². The van der Waals surface area contributed by atoms with E-state index in [9.17, 15) is 68.7 Å². The Hall–Kier alpha value is -5.51. The monoisotopic (exact) mass is 949 g/mol. The molecular formula is C46H72N6O15. The van der Waals surface area contributed by atoms with Crippen LogP contribution in [-0.2, 0) is 56.0 Å². The third-order valence-corrected chi connectivity index (χ3v) is 11.6. The molecule has 0 aliphatic carbocycles. The highest BCUT2D eigenvalue weighted by Gasteiger charge is 2.28. The summed E-state index contributed by atoms with van der Waals surface area (Å²) in [6.07, 6.45) is 7.30. The van der Waals surface area contributed by atoms with E-state index in [4.69, 9.17) is 5.11 Å². The van der Waals surface area contributed by atoms with Gasteiger partial charge in [-0.2, -0.15) is 0 Å². The lowest BCUT2D eigenvalue weighted by molar-refractivity contribution is -0.147. The van der Waals surface area contributed by atoms with Gasteiger partial charge in [0.2, 0.25) is 11.8 Å². The number of amides is 2. The molecule has 0 aromatic heterocycles. The van der Waals surface area contributed by atoms with Gasteiger partial charge in [-0.15, -0.1) is 0 Å². The van der Waals surface area contributed by atoms with Gasteiger partial charge in [-0.05, 0) is 68.9 Å². The van der Waals surface area contributed by atoms with Crippen LogP contribution in [0, 0.1) is 5.92 Å². The van der Waals surface area contributed by atoms with Crippen molar-refractivity contribution in [3.05, 3.63) is 35.4 Å². The van der Waals surface area contributed by atoms with Gasteiger partial charge in [-0.25, -0.2) is 0 Å². The summed E-state index contributed by atoms with van der Waals surface area (Å²) in [7, 11) is 0. The van der Waals surface area contributed by atoms with E-state index >= 15 is 0 Å². The first kappa shape index (κ1) is 57.6. The normalized spacial score (nSPS) is 16.2. The highest BCUT2D eigenvalue weighted by atomic mass is 16.4. The molecule has 1 heterocycles. The van der Waals surface area contributed by atoms with E-state index in [1.807, 2.05) is 24.3 Å². The van der Waals surface area contributed by atoms with Crippen molar-refractivity contribution in [2.24, 2.45) is 5.92 Å². The van der Waals surface area contributed by atoms with Crippen molar-refractivity contribution < 1.29 is 73.8 Å². The number of carbonyl (C=O) groups excluding carboxylic acids is 3. The molecule has 0 bridgehead atoms. The number of nitrogens with one attached hydrogen (secondary N) is 2. The molecule has 8 N–H and O–H groups in total. The molecule has 2 atom stereocenters. The zero-order chi connectivity index (χ0) is 49.6. The zero-order valence-electron chi connectivity index (χ0n) is 38.6. The fourth-order valence-corrected chi connectivity index (χ4v) is 7.96. The number of unbranched alkanes of at least 4 members (excludes halogenated alkanes) is 5. The molecule has 21 heteroatoms. The van der Waals surface area contributed by atoms with Crippen LogP contribution in [0.2, 0.25) is 0 Å². The van der Waals surface area contributed by atoms with Crippen LogP contribution < -0.4 is 10.6 Å². The molecule has 1 aliphatic rings. The Labute approximate surface area is 391 Å². The van der Waals surface area contributed by atoms with E-state index < -0.39 is 53.6 Å². The van der Waals surface area contributed by atoms with Crippen molar-refractivity contribution in [2.75, 3.05) is 85.1 Å². The molecule has 1 fully saturated rings. The minimum atomic E-state index is -1.23. The summed E-state index contributed by atoms with van der Waals surface area (Å²) in [5.74, 6) is -8.35. The number of benzene rings is 1. The van der Waals surface area contributed by atoms with Gasteiger partial charge in [0, 0.05) is 90.6 Å². The minimum Gasteiger partial charge on any atom is -0.481 e. The second kappa shape index (κ2) is 33.0. The second-order valence-corrected chi connectivity index (χ2v) is 17.2. The summed E-state index contributed by atoms with van der Waals surface area (Å²) in [6, 6.07) is 7.43. The van der Waals surface area contributed by atoms with Gasteiger partial charge in [0.1, 0.15) is 11.7 Å². The van der Waals surface area contributed by atoms with Gasteiger partial charge in [-0.3, -0.25) is 62.8 Å². The largest absolute Gasteiger partial charge is 0.481 e. The van der Waals surface area contributed by atoms with Gasteiger partial charge < -0.3 is 41.3 Å². The molecular weight excluding hydrogens is 877 g/mol. The van der Waals surface area contributed by atoms with Crippen molar-refractivity contribution in [3.63, 3.8) is 0 Å². The number of hydrogen-bond donors (Lipinski definition) is 8. The van der Waals surface area contributed by atoms with Gasteiger partial charge in [0.05, 0.1) is 26.2 Å². The van der Waals surface area contributed by atoms with Crippen molar-refractivity contribution in [3.8, 4) is 0 Å². The van der Waals surface area contributed by atoms with Crippen LogP contribution in [-0.4, -0.2) is 195 Å². The molecule has 21 nitrogen and oxygen atoms in total. The molecule has 67 heavy (non-hydrogen) atoms. The predicted molar refractivity (Wildman–Crippen MR) is 244 cm³/mol. The molecule has 1 aromatic carbocycles. The first-order valence-corrected chi connectivity index (χ1v) is 23.3. The van der Waals surface area contributed by atoms with Crippen LogP contribution in [0.15, 0.2) is 24.3 Å². The average molecular weight is 949 g/mol. The lowest BCUT2D eigenvalue weighted by Crippen LogP contribution is -2.53. The second-order valence-electron chi connectivity index (χ2n) is 17.2. The maximum atomic E-state index is 12.4. The Kier molecular flexibility index (Phi) is 28.4. The molecule has 1 saturated heterocycles. The number of hydrogen-bond acceptors (Lipinski definition) is 13. The topological polar surface area (TPSA) is 312 Å². The number of carboxylic acids is 6. The van der Waals surface area contributed by atoms with E-state index in [1.165, 1.54) is 0 Å². The molecule has 0 radical (unpaired) electrons. The first-order chi connectivity index (χ1) is 31.9. The summed E-state index contributed by atoms with van der Waals surface area (Å²) < 4.78 is 0. The van der Waals surface area contributed by atoms with Crippen LogP contribution in [0.4, 0.5) is 0 Å². The number of rotatable bonds is 33. The molecule has 2 amide bonds. The minimum absolute atomic E-state index is 0.0352. The highest BCUT2D eigenvalue weighted by molar-refractivity contribution is 5.98. The van der Waals surface area contributed by atoms with E-state index in [-0.39, 0.29) is 109 Å². The molecule has 0 saturated carbocycles. The Balaban J connectivity index is 1.76. The SMILES string of the molecule is O=C(O)CCCC(=O)[C@@H](CCCCNC(=O)CCCCCCC(=O)NCCCCc1ccc(CC2CN(CC(=O)O)CCN(CC(=O)O)CCN(CC(=O)O)CCN2CC(=O)O)cc1)C(=O)O. The van der Waals surface area contributed by atoms with Crippen LogP contribution in [0.3, 0.4) is 0 Å². The molecule has 0 spiro atoms. The number of aliphatic carboxylic acids is 6. The van der Waals surface area contributed by atoms with Gasteiger partial charge in [0.15, 0.2) is 0 Å². The highest BCUT2D eigenvalue weighted by Crippen LogP contribution is 2.17. The van der Waals surface area contributed by atoms with Crippen LogP contribution >= 0.6 is 0 Å². The lowest BCUT2D eigenvalue weighted by atomic mass is 9.94. The van der Waals surface area contributed by atoms with Gasteiger partial charge >= 0.3 is 35.8 Å². The third-order valence-electron chi connectivity index (χ3n) is 11.6. The first-order valence-electron chi connectivity index (χ1n) is 23.3. The van der Waals surface area contributed by atoms with E-state index in [1.54, 1.807) is 19.6 Å². The smallest absolute Gasteiger partial charge is 0.317 e. The maximum Gasteiger partial charge on any atom is 0.317 e. The Bertz CT molecular complexity index is 1750. The standard InChI is InChI=1S/C46H72N6O15/c53-38(12-9-15-41(56)57)37(46(66)67)11-6-8-21-48-40(55)14-4-2-1-3-13-39(54)47-20-7-5-10-34-16-18-35(19-17-34)28-36-29-51(32-44(62)63)25-24-49(30-42(58)59)22-23-50(31-43(60)61)26-27-52(36)33-45(64)65/h16-19,36-37H,1-15,20-33H2,(H,47,54)(H,48,55)(H,56,57)(H,58,59)(H,60,61)(H,62,63)(H,64,65)(H,66,67)/t36?,37-/m1/s1. The maximum absolute atomic E-state index is 12.4. The Morgan fingerprint density at radius 2 is 0.970 bits per heavy atom. The predicted octanol–water partition coefficient (Wildman–Crippen LogP) is 1.75. The Morgan fingerprint density at radius 3 is 1.48 bits per heavy atom. The van der Waals surface area contributed by atoms with E-state index in [0.29, 0.717) is 58.0 Å². The fraction of sp³-hybridized carbons (Fsp3) is 0.674. The van der Waals surface area contributed by atoms with E-state index in [2.05, 4.69) is 10.6 Å². The molecule has 1 unspecified atom stereocenters. The molecule has 1 aliphatic heterocycles. The van der Waals surface area contributed by atoms with Crippen LogP contribution in [0.25, 0.3) is 0 Å². The van der Waals surface area contributed by atoms with Crippen LogP contribution in [0.5, 0.6) is 0 Å². The lowest BCUT2D eigenvalue weighted by Gasteiger charge is -2.37. The van der Waals surface area contributed by atoms with Gasteiger partial charge in [-0.1, -0.05) is 43.5 Å². The number of aryl methyl sites for hydroxylation is 1. The fourth-order valence-electron chi connectivity index (χ4n) is 7.96. The number of nitrogens with zero attached hydrogens (tertiary/aromatic N) is 4. The van der Waals surface area contributed by atoms with Crippen molar-refractivity contribution in [1.82, 2.24) is 30.2 Å². The van der Waals surface area contributed by atoms with Crippen molar-refractivity contribution in [1.29, 1.82) is 0 Å². The third kappa shape index (κ3) is 27.7. The van der Waals surface area contributed by atoms with Crippen molar-refractivity contribution >= 4 is 53.4 Å². The zero-order valence-corrected chi connectivity index (χ0v) is 38.6. The number of carboxylic acid groups (broad SMARTS) is 6. The number of ketones is 1. The average Bonchev–Trinajstić information content (AvgIpc) is 3.24. The summed E-state index contributed by atoms with van der Waals surface area (Å²) in [5, 5.41) is 62.4. The van der Waals surface area contributed by atoms with Crippen LogP contribution in [0.1, 0.15) is 101 Å².